The Hall–Kier alpha value is -0.0500. The van der Waals surface area contributed by atoms with Gasteiger partial charge in [-0.2, -0.15) is 0 Å². The van der Waals surface area contributed by atoms with Crippen LogP contribution in [0, 0.1) is 6.42 Å². The van der Waals surface area contributed by atoms with Crippen molar-refractivity contribution in [2.24, 2.45) is 0 Å². The highest BCUT2D eigenvalue weighted by Crippen LogP contribution is 2.35. The van der Waals surface area contributed by atoms with Crippen LogP contribution in [-0.4, -0.2) is 18.9 Å². The number of hydrogen-bond acceptors (Lipinski definition) is 2. The highest BCUT2D eigenvalue weighted by atomic mass is 32.2. The van der Waals surface area contributed by atoms with Gasteiger partial charge in [-0.15, -0.1) is 0 Å². The molecular weight excluding hydrogens is 172 g/mol. The molecule has 2 rings (SSSR count). The molecule has 2 aliphatic rings. The van der Waals surface area contributed by atoms with Crippen LogP contribution in [0.1, 0.15) is 38.5 Å². The standard InChI is InChI=1S/C9H15O2S/c10-12(11,9-6-7-9)8-4-2-1-3-5-8/h4,8-9H,1-3,5-7H2. The first-order chi connectivity index (χ1) is 5.71. The van der Waals surface area contributed by atoms with Gasteiger partial charge in [0.2, 0.25) is 0 Å². The van der Waals surface area contributed by atoms with Crippen LogP contribution in [0.4, 0.5) is 0 Å². The van der Waals surface area contributed by atoms with Gasteiger partial charge in [-0.25, -0.2) is 8.42 Å². The third-order valence-electron chi connectivity index (χ3n) is 2.78. The van der Waals surface area contributed by atoms with E-state index in [-0.39, 0.29) is 10.5 Å². The van der Waals surface area contributed by atoms with Gasteiger partial charge in [-0.1, -0.05) is 12.8 Å². The molecule has 1 unspecified atom stereocenters. The molecule has 12 heavy (non-hydrogen) atoms. The zero-order valence-electron chi connectivity index (χ0n) is 7.20. The van der Waals surface area contributed by atoms with Gasteiger partial charge in [0.1, 0.15) is 0 Å². The SMILES string of the molecule is O=S(=O)(C1[CH]CCCC1)C1CC1. The number of rotatable bonds is 2. The summed E-state index contributed by atoms with van der Waals surface area (Å²) < 4.78 is 23.4. The Kier molecular flexibility index (Phi) is 2.15. The Labute approximate surface area is 74.3 Å². The van der Waals surface area contributed by atoms with Crippen molar-refractivity contribution in [1.82, 2.24) is 0 Å². The fourth-order valence-electron chi connectivity index (χ4n) is 1.85. The van der Waals surface area contributed by atoms with Gasteiger partial charge < -0.3 is 0 Å². The molecule has 2 nitrogen and oxygen atoms in total. The number of hydrogen-bond donors (Lipinski definition) is 0. The van der Waals surface area contributed by atoms with E-state index >= 15 is 0 Å². The van der Waals surface area contributed by atoms with Crippen molar-refractivity contribution in [3.05, 3.63) is 6.42 Å². The lowest BCUT2D eigenvalue weighted by Gasteiger charge is -2.20. The Bertz CT molecular complexity index is 246. The van der Waals surface area contributed by atoms with E-state index in [0.29, 0.717) is 0 Å². The molecule has 0 aromatic heterocycles. The van der Waals surface area contributed by atoms with E-state index in [9.17, 15) is 8.42 Å². The first kappa shape index (κ1) is 8.54. The van der Waals surface area contributed by atoms with E-state index in [1.54, 1.807) is 0 Å². The number of sulfone groups is 1. The molecule has 0 amide bonds. The van der Waals surface area contributed by atoms with E-state index in [0.717, 1.165) is 32.1 Å². The van der Waals surface area contributed by atoms with Crippen molar-refractivity contribution >= 4 is 9.84 Å². The van der Waals surface area contributed by atoms with Crippen molar-refractivity contribution in [2.45, 2.75) is 49.0 Å². The van der Waals surface area contributed by atoms with Crippen LogP contribution in [0.15, 0.2) is 0 Å². The fraction of sp³-hybridized carbons (Fsp3) is 0.889. The summed E-state index contributed by atoms with van der Waals surface area (Å²) >= 11 is 0. The normalized spacial score (nSPS) is 27.3. The Morgan fingerprint density at radius 3 is 2.33 bits per heavy atom. The lowest BCUT2D eigenvalue weighted by molar-refractivity contribution is 0.542. The van der Waals surface area contributed by atoms with Crippen LogP contribution in [0.25, 0.3) is 0 Å². The first-order valence-corrected chi connectivity index (χ1v) is 6.38. The zero-order chi connectivity index (χ0) is 8.60. The van der Waals surface area contributed by atoms with Crippen molar-refractivity contribution in [3.63, 3.8) is 0 Å². The van der Waals surface area contributed by atoms with Crippen molar-refractivity contribution in [1.29, 1.82) is 0 Å². The quantitative estimate of drug-likeness (QED) is 0.659. The summed E-state index contributed by atoms with van der Waals surface area (Å²) in [5, 5.41) is -0.0735. The first-order valence-electron chi connectivity index (χ1n) is 4.77. The third kappa shape index (κ3) is 1.51. The molecule has 0 saturated heterocycles. The van der Waals surface area contributed by atoms with E-state index in [2.05, 4.69) is 0 Å². The van der Waals surface area contributed by atoms with Crippen LogP contribution in [0.2, 0.25) is 0 Å². The molecule has 0 bridgehead atoms. The third-order valence-corrected chi connectivity index (χ3v) is 5.46. The molecule has 2 fully saturated rings. The van der Waals surface area contributed by atoms with Gasteiger partial charge in [0.15, 0.2) is 9.84 Å². The van der Waals surface area contributed by atoms with Crippen molar-refractivity contribution in [2.75, 3.05) is 0 Å². The largest absolute Gasteiger partial charge is 0.228 e. The minimum atomic E-state index is -2.74. The molecule has 69 valence electrons. The van der Waals surface area contributed by atoms with Crippen LogP contribution >= 0.6 is 0 Å². The topological polar surface area (TPSA) is 34.1 Å². The van der Waals surface area contributed by atoms with Crippen molar-refractivity contribution in [3.8, 4) is 0 Å². The van der Waals surface area contributed by atoms with Crippen LogP contribution < -0.4 is 0 Å². The highest BCUT2D eigenvalue weighted by molar-refractivity contribution is 7.93. The Morgan fingerprint density at radius 2 is 1.83 bits per heavy atom. The molecular formula is C9H15O2S. The maximum Gasteiger partial charge on any atom is 0.156 e. The van der Waals surface area contributed by atoms with E-state index in [1.165, 1.54) is 6.42 Å². The summed E-state index contributed by atoms with van der Waals surface area (Å²) in [6.45, 7) is 0. The molecule has 0 aliphatic heterocycles. The minimum absolute atomic E-state index is 0.0249. The highest BCUT2D eigenvalue weighted by Gasteiger charge is 2.41. The minimum Gasteiger partial charge on any atom is -0.228 e. The average Bonchev–Trinajstić information content (AvgIpc) is 2.88. The summed E-state index contributed by atoms with van der Waals surface area (Å²) in [5.41, 5.74) is 0. The summed E-state index contributed by atoms with van der Waals surface area (Å²) in [5.74, 6) is 0. The monoisotopic (exact) mass is 187 g/mol. The molecule has 0 N–H and O–H groups in total. The van der Waals surface area contributed by atoms with E-state index < -0.39 is 9.84 Å². The molecule has 0 aromatic carbocycles. The van der Waals surface area contributed by atoms with Gasteiger partial charge in [-0.3, -0.25) is 0 Å². The molecule has 0 aromatic rings. The summed E-state index contributed by atoms with van der Waals surface area (Å²) in [6, 6.07) is 0. The molecule has 0 heterocycles. The zero-order valence-corrected chi connectivity index (χ0v) is 8.02. The second kappa shape index (κ2) is 3.02. The van der Waals surface area contributed by atoms with Gasteiger partial charge >= 0.3 is 0 Å². The Balaban J connectivity index is 2.05. The summed E-state index contributed by atoms with van der Waals surface area (Å²) in [7, 11) is -2.74. The maximum atomic E-state index is 11.7. The smallest absolute Gasteiger partial charge is 0.156 e. The lowest BCUT2D eigenvalue weighted by Crippen LogP contribution is -2.27. The van der Waals surface area contributed by atoms with Gasteiger partial charge in [0.25, 0.3) is 0 Å². The summed E-state index contributed by atoms with van der Waals surface area (Å²) in [6.07, 6.45) is 7.97. The summed E-state index contributed by atoms with van der Waals surface area (Å²) in [4.78, 5) is 0. The maximum absolute atomic E-state index is 11.7. The van der Waals surface area contributed by atoms with Crippen molar-refractivity contribution < 1.29 is 8.42 Å². The fourth-order valence-corrected chi connectivity index (χ4v) is 4.04. The average molecular weight is 187 g/mol. The van der Waals surface area contributed by atoms with Gasteiger partial charge in [0, 0.05) is 0 Å². The second-order valence-electron chi connectivity index (χ2n) is 3.85. The lowest BCUT2D eigenvalue weighted by atomic mass is 10.0. The molecule has 1 atom stereocenters. The van der Waals surface area contributed by atoms with E-state index in [1.807, 2.05) is 6.42 Å². The van der Waals surface area contributed by atoms with Crippen LogP contribution in [0.3, 0.4) is 0 Å². The molecule has 2 saturated carbocycles. The predicted octanol–water partition coefficient (Wildman–Crippen LogP) is 1.71. The second-order valence-corrected chi connectivity index (χ2v) is 6.30. The van der Waals surface area contributed by atoms with Gasteiger partial charge in [-0.05, 0) is 32.1 Å². The molecule has 2 aliphatic carbocycles. The van der Waals surface area contributed by atoms with Crippen LogP contribution in [0.5, 0.6) is 0 Å². The molecule has 1 radical (unpaired) electrons. The van der Waals surface area contributed by atoms with E-state index in [4.69, 9.17) is 0 Å². The predicted molar refractivity (Wildman–Crippen MR) is 48.5 cm³/mol. The van der Waals surface area contributed by atoms with Crippen LogP contribution in [-0.2, 0) is 9.84 Å². The molecule has 0 spiro atoms. The molecule has 3 heteroatoms. The Morgan fingerprint density at radius 1 is 1.08 bits per heavy atom. The van der Waals surface area contributed by atoms with Gasteiger partial charge in [0.05, 0.1) is 10.5 Å².